The van der Waals surface area contributed by atoms with Gasteiger partial charge >= 0.3 is 6.03 Å². The first-order valence-electron chi connectivity index (χ1n) is 22.1. The number of nitrogens with one attached hydrogen (secondary N) is 5. The molecule has 4 atom stereocenters. The Balaban J connectivity index is 0.000000174. The Morgan fingerprint density at radius 3 is 1.96 bits per heavy atom. The molecule has 1 saturated heterocycles. The number of benzene rings is 4. The van der Waals surface area contributed by atoms with Gasteiger partial charge in [0.05, 0.1) is 21.3 Å². The molecule has 380 valence electrons. The first-order valence-corrected chi connectivity index (χ1v) is 27.5. The lowest BCUT2D eigenvalue weighted by Gasteiger charge is -2.22. The summed E-state index contributed by atoms with van der Waals surface area (Å²) < 4.78 is 72.9. The quantitative estimate of drug-likeness (QED) is 0.0684. The number of hydrogen-bond donors (Lipinski definition) is 8. The van der Waals surface area contributed by atoms with E-state index in [9.17, 15) is 44.7 Å². The average Bonchev–Trinajstić information content (AvgIpc) is 4.00. The average molecular weight is 1070 g/mol. The highest BCUT2D eigenvalue weighted by Gasteiger charge is 2.51. The Labute approximate surface area is 423 Å². The van der Waals surface area contributed by atoms with Gasteiger partial charge in [0, 0.05) is 54.5 Å². The third kappa shape index (κ3) is 13.8. The minimum Gasteiger partial charge on any atom is -0.507 e. The second-order valence-electron chi connectivity index (χ2n) is 17.9. The first-order chi connectivity index (χ1) is 33.2. The number of halogens is 2. The lowest BCUT2D eigenvalue weighted by Crippen LogP contribution is -2.42. The number of sulfonamides is 3. The van der Waals surface area contributed by atoms with Crippen molar-refractivity contribution >= 4 is 88.2 Å². The Morgan fingerprint density at radius 2 is 1.37 bits per heavy atom. The maximum absolute atomic E-state index is 12.5. The van der Waals surface area contributed by atoms with Gasteiger partial charge in [-0.2, -0.15) is 0 Å². The van der Waals surface area contributed by atoms with Crippen LogP contribution in [0.3, 0.4) is 0 Å². The molecule has 2 saturated carbocycles. The second kappa shape index (κ2) is 22.3. The van der Waals surface area contributed by atoms with Gasteiger partial charge in [0.15, 0.2) is 0 Å². The lowest BCUT2D eigenvalue weighted by atomic mass is 9.82. The second-order valence-corrected chi connectivity index (χ2v) is 23.4. The van der Waals surface area contributed by atoms with Crippen LogP contribution in [0.15, 0.2) is 106 Å². The van der Waals surface area contributed by atoms with Crippen LogP contribution in [0.25, 0.3) is 0 Å². The number of phenols is 1. The van der Waals surface area contributed by atoms with E-state index >= 15 is 0 Å². The molecule has 5 aromatic rings. The number of aromatic nitrogens is 1. The van der Waals surface area contributed by atoms with Crippen molar-refractivity contribution in [1.29, 1.82) is 0 Å². The number of aromatic hydroxyl groups is 1. The lowest BCUT2D eigenvalue weighted by molar-refractivity contribution is 0.0809. The number of hydrazine groups is 1. The Bertz CT molecular complexity index is 3160. The molecule has 24 heteroatoms. The SMILES string of the molecule is Cc1cccc(C)c1NC(=O)c1cc(S(N)(=O)=O)c(Cl)cc1O.Cc1cccc(Nc2ccncc2S(=O)(=O)NC(=O)NC(C)C)c1.NS(=O)(=O)c1cc(C(=O)NN2C[C@@H]3[C@H]4CC[C@H](C4)[C@@H]3C2)ccc1Cl. The van der Waals surface area contributed by atoms with Crippen LogP contribution in [0, 0.1) is 44.4 Å². The van der Waals surface area contributed by atoms with Crippen LogP contribution < -0.4 is 36.4 Å². The molecule has 2 bridgehead atoms. The molecular formula is C47H55Cl2N9O10S3. The highest BCUT2D eigenvalue weighted by atomic mass is 35.5. The maximum Gasteiger partial charge on any atom is 0.328 e. The summed E-state index contributed by atoms with van der Waals surface area (Å²) in [5.41, 5.74) is 7.27. The molecule has 8 rings (SSSR count). The Kier molecular flexibility index (Phi) is 17.1. The van der Waals surface area contributed by atoms with Crippen molar-refractivity contribution < 1.29 is 44.7 Å². The third-order valence-electron chi connectivity index (χ3n) is 12.2. The van der Waals surface area contributed by atoms with Crippen molar-refractivity contribution in [2.24, 2.45) is 33.9 Å². The monoisotopic (exact) mass is 1070 g/mol. The molecule has 2 aliphatic carbocycles. The van der Waals surface area contributed by atoms with Gasteiger partial charge in [-0.1, -0.05) is 53.5 Å². The number of urea groups is 1. The largest absolute Gasteiger partial charge is 0.507 e. The summed E-state index contributed by atoms with van der Waals surface area (Å²) in [5.74, 6) is 1.57. The third-order valence-corrected chi connectivity index (χ3v) is 16.4. The van der Waals surface area contributed by atoms with E-state index in [0.29, 0.717) is 23.2 Å². The zero-order chi connectivity index (χ0) is 52.2. The van der Waals surface area contributed by atoms with Gasteiger partial charge in [0.2, 0.25) is 20.0 Å². The molecule has 2 heterocycles. The van der Waals surface area contributed by atoms with Gasteiger partial charge in [-0.05, 0) is 137 Å². The topological polar surface area (TPSA) is 302 Å². The van der Waals surface area contributed by atoms with Gasteiger partial charge in [0.25, 0.3) is 21.8 Å². The molecule has 0 radical (unpaired) electrons. The summed E-state index contributed by atoms with van der Waals surface area (Å²) in [6.45, 7) is 10.8. The standard InChI is InChI=1S/C16H20ClN3O3S.C16H20N4O3S.C15H15ClN2O4S/c17-14-4-3-11(6-15(14)24(18,22)23)16(21)19-20-7-12-9-1-2-10(5-9)13(12)8-20;1-11(2)18-16(21)20-24(22,23)15-10-17-8-7-14(15)19-13-6-4-5-12(3)9-13;1-8-4-3-5-9(2)14(8)18-15(20)10-6-13(23(17,21)22)11(16)7-12(10)19/h3-4,6,9-10,12-13H,1-2,5,7-8H2,(H,19,21)(H2,18,22,23);4-11H,1-3H3,(H,17,19)(H2,18,20,21);3-7,19H,1-2H3,(H,18,20)(H2,17,21,22)/t9-,10+,12+,13-;;. The van der Waals surface area contributed by atoms with Crippen molar-refractivity contribution in [2.45, 2.75) is 74.6 Å². The van der Waals surface area contributed by atoms with Gasteiger partial charge in [-0.15, -0.1) is 0 Å². The number of hydrogen-bond acceptors (Lipinski definition) is 13. The fraction of sp³-hybridized carbons (Fsp3) is 0.319. The van der Waals surface area contributed by atoms with Gasteiger partial charge in [0.1, 0.15) is 20.4 Å². The van der Waals surface area contributed by atoms with Crippen LogP contribution in [-0.4, -0.2) is 77.3 Å². The molecule has 0 unspecified atom stereocenters. The number of phenolic OH excluding ortho intramolecular Hbond substituents is 1. The minimum absolute atomic E-state index is 0.0151. The summed E-state index contributed by atoms with van der Waals surface area (Å²) in [7, 11) is -12.1. The predicted octanol–water partition coefficient (Wildman–Crippen LogP) is 6.70. The molecule has 1 aliphatic heterocycles. The van der Waals surface area contributed by atoms with E-state index in [-0.39, 0.29) is 42.9 Å². The summed E-state index contributed by atoms with van der Waals surface area (Å²) in [5, 5.41) is 30.0. The van der Waals surface area contributed by atoms with Crippen LogP contribution in [0.2, 0.25) is 10.0 Å². The Morgan fingerprint density at radius 1 is 0.761 bits per heavy atom. The highest BCUT2D eigenvalue weighted by Crippen LogP contribution is 2.54. The molecule has 10 N–H and O–H groups in total. The fourth-order valence-corrected chi connectivity index (χ4v) is 12.2. The normalized spacial score (nSPS) is 18.3. The number of anilines is 3. The van der Waals surface area contributed by atoms with E-state index in [1.165, 1.54) is 55.9 Å². The van der Waals surface area contributed by atoms with Crippen molar-refractivity contribution in [3.05, 3.63) is 129 Å². The van der Waals surface area contributed by atoms with Crippen molar-refractivity contribution in [1.82, 2.24) is 25.5 Å². The number of carbonyl (C=O) groups is 3. The van der Waals surface area contributed by atoms with Crippen molar-refractivity contribution in [3.63, 3.8) is 0 Å². The summed E-state index contributed by atoms with van der Waals surface area (Å²) >= 11 is 11.6. The highest BCUT2D eigenvalue weighted by molar-refractivity contribution is 7.90. The predicted molar refractivity (Wildman–Crippen MR) is 271 cm³/mol. The Hall–Kier alpha value is -5.85. The summed E-state index contributed by atoms with van der Waals surface area (Å²) in [4.78, 5) is 39.6. The number of aryl methyl sites for hydroxylation is 3. The van der Waals surface area contributed by atoms with E-state index in [0.717, 1.165) is 59.4 Å². The number of amides is 4. The number of rotatable bonds is 11. The minimum atomic E-state index is -4.12. The number of para-hydroxylation sites is 1. The van der Waals surface area contributed by atoms with Crippen LogP contribution in [0.1, 0.15) is 70.5 Å². The number of nitrogens with two attached hydrogens (primary N) is 2. The summed E-state index contributed by atoms with van der Waals surface area (Å²) in [6.07, 6.45) is 6.67. The van der Waals surface area contributed by atoms with Crippen LogP contribution >= 0.6 is 23.2 Å². The number of carbonyl (C=O) groups excluding carboxylic acids is 3. The number of nitrogens with zero attached hydrogens (tertiary/aromatic N) is 2. The van der Waals surface area contributed by atoms with Gasteiger partial charge in [-0.25, -0.2) is 50.1 Å². The molecule has 0 spiro atoms. The van der Waals surface area contributed by atoms with E-state index in [1.54, 1.807) is 13.8 Å². The molecule has 3 aliphatic rings. The molecule has 4 aromatic carbocycles. The molecule has 19 nitrogen and oxygen atoms in total. The van der Waals surface area contributed by atoms with E-state index in [1.807, 2.05) is 73.0 Å². The molecule has 1 aromatic heterocycles. The smallest absolute Gasteiger partial charge is 0.328 e. The van der Waals surface area contributed by atoms with Gasteiger partial charge in [-0.3, -0.25) is 20.0 Å². The van der Waals surface area contributed by atoms with E-state index in [2.05, 4.69) is 26.4 Å². The number of fused-ring (bicyclic) bond motifs is 5. The maximum atomic E-state index is 12.5. The number of pyridine rings is 1. The molecule has 71 heavy (non-hydrogen) atoms. The van der Waals surface area contributed by atoms with Gasteiger partial charge < -0.3 is 21.1 Å². The molecule has 4 amide bonds. The number of primary sulfonamides is 2. The van der Waals surface area contributed by atoms with E-state index < -0.39 is 52.7 Å². The molecular weight excluding hydrogens is 1020 g/mol. The zero-order valence-corrected chi connectivity index (χ0v) is 43.2. The van der Waals surface area contributed by atoms with Crippen molar-refractivity contribution in [2.75, 3.05) is 23.7 Å². The first kappa shape index (κ1) is 54.5. The van der Waals surface area contributed by atoms with Crippen LogP contribution in [0.4, 0.5) is 21.9 Å². The summed E-state index contributed by atoms with van der Waals surface area (Å²) in [6, 6.07) is 19.6. The van der Waals surface area contributed by atoms with Crippen molar-refractivity contribution in [3.8, 4) is 5.75 Å². The molecule has 3 fully saturated rings. The van der Waals surface area contributed by atoms with Crippen LogP contribution in [-0.2, 0) is 30.1 Å². The van der Waals surface area contributed by atoms with E-state index in [4.69, 9.17) is 33.5 Å². The van der Waals surface area contributed by atoms with Crippen LogP contribution in [0.5, 0.6) is 5.75 Å². The zero-order valence-electron chi connectivity index (χ0n) is 39.2. The fourth-order valence-electron chi connectivity index (χ4n) is 9.02.